The first-order valence-electron chi connectivity index (χ1n) is 7.75. The molecule has 4 rings (SSSR count). The van der Waals surface area contributed by atoms with Crippen LogP contribution in [0, 0.1) is 0 Å². The SMILES string of the molecule is O=C1CN(C(=O)c2sc3cc(C(F)(F)F)ccc3c2Cl)c2ccccc2N1. The number of halogens is 4. The summed E-state index contributed by atoms with van der Waals surface area (Å²) in [7, 11) is 0. The zero-order chi connectivity index (χ0) is 19.3. The predicted octanol–water partition coefficient (Wildman–Crippen LogP) is 5.17. The smallest absolute Gasteiger partial charge is 0.323 e. The van der Waals surface area contributed by atoms with Crippen molar-refractivity contribution in [1.82, 2.24) is 0 Å². The Kier molecular flexibility index (Phi) is 4.12. The van der Waals surface area contributed by atoms with Crippen LogP contribution in [-0.4, -0.2) is 18.4 Å². The normalized spacial score (nSPS) is 14.2. The van der Waals surface area contributed by atoms with Crippen LogP contribution in [0.2, 0.25) is 5.02 Å². The molecule has 3 aromatic rings. The van der Waals surface area contributed by atoms with Crippen molar-refractivity contribution >= 4 is 56.2 Å². The van der Waals surface area contributed by atoms with Crippen LogP contribution in [0.15, 0.2) is 42.5 Å². The molecule has 9 heteroatoms. The van der Waals surface area contributed by atoms with Crippen molar-refractivity contribution in [3.63, 3.8) is 0 Å². The fourth-order valence-corrected chi connectivity index (χ4v) is 4.42. The molecular formula is C18H10ClF3N2O2S. The van der Waals surface area contributed by atoms with Gasteiger partial charge in [0.2, 0.25) is 5.91 Å². The van der Waals surface area contributed by atoms with Gasteiger partial charge in [-0.3, -0.25) is 14.5 Å². The largest absolute Gasteiger partial charge is 0.416 e. The average Bonchev–Trinajstić information content (AvgIpc) is 2.96. The molecule has 1 aromatic heterocycles. The minimum Gasteiger partial charge on any atom is -0.323 e. The Morgan fingerprint density at radius 2 is 1.93 bits per heavy atom. The van der Waals surface area contributed by atoms with Crippen molar-refractivity contribution in [3.8, 4) is 0 Å². The lowest BCUT2D eigenvalue weighted by Crippen LogP contribution is -2.41. The summed E-state index contributed by atoms with van der Waals surface area (Å²) in [6.07, 6.45) is -4.49. The van der Waals surface area contributed by atoms with E-state index in [0.717, 1.165) is 23.5 Å². The van der Waals surface area contributed by atoms with Crippen LogP contribution in [0.5, 0.6) is 0 Å². The first-order chi connectivity index (χ1) is 12.8. The Morgan fingerprint density at radius 1 is 1.19 bits per heavy atom. The molecule has 1 N–H and O–H groups in total. The van der Waals surface area contributed by atoms with Crippen LogP contribution in [0.1, 0.15) is 15.2 Å². The summed E-state index contributed by atoms with van der Waals surface area (Å²) in [4.78, 5) is 26.3. The van der Waals surface area contributed by atoms with E-state index in [1.165, 1.54) is 11.0 Å². The van der Waals surface area contributed by atoms with Gasteiger partial charge in [-0.15, -0.1) is 11.3 Å². The molecule has 27 heavy (non-hydrogen) atoms. The van der Waals surface area contributed by atoms with Crippen molar-refractivity contribution in [2.75, 3.05) is 16.8 Å². The number of alkyl halides is 3. The summed E-state index contributed by atoms with van der Waals surface area (Å²) in [5, 5.41) is 3.12. The van der Waals surface area contributed by atoms with Gasteiger partial charge in [0.1, 0.15) is 11.4 Å². The molecule has 0 radical (unpaired) electrons. The molecule has 0 saturated heterocycles. The van der Waals surface area contributed by atoms with Gasteiger partial charge in [-0.1, -0.05) is 29.8 Å². The van der Waals surface area contributed by atoms with Gasteiger partial charge >= 0.3 is 6.18 Å². The number of para-hydroxylation sites is 2. The molecule has 138 valence electrons. The molecular weight excluding hydrogens is 401 g/mol. The van der Waals surface area contributed by atoms with E-state index >= 15 is 0 Å². The highest BCUT2D eigenvalue weighted by molar-refractivity contribution is 7.21. The van der Waals surface area contributed by atoms with E-state index in [2.05, 4.69) is 5.32 Å². The number of rotatable bonds is 1. The van der Waals surface area contributed by atoms with E-state index in [0.29, 0.717) is 16.8 Å². The summed E-state index contributed by atoms with van der Waals surface area (Å²) in [5.41, 5.74) is 0.180. The monoisotopic (exact) mass is 410 g/mol. The number of anilines is 2. The Balaban J connectivity index is 1.80. The summed E-state index contributed by atoms with van der Waals surface area (Å²) in [6, 6.07) is 9.93. The summed E-state index contributed by atoms with van der Waals surface area (Å²) >= 11 is 7.16. The molecule has 2 amide bonds. The number of amides is 2. The highest BCUT2D eigenvalue weighted by Crippen LogP contribution is 2.41. The van der Waals surface area contributed by atoms with E-state index in [-0.39, 0.29) is 27.1 Å². The van der Waals surface area contributed by atoms with Gasteiger partial charge in [0.15, 0.2) is 0 Å². The molecule has 0 fully saturated rings. The number of thiophene rings is 1. The lowest BCUT2D eigenvalue weighted by molar-refractivity contribution is -0.137. The second-order valence-electron chi connectivity index (χ2n) is 5.91. The molecule has 1 aliphatic rings. The summed E-state index contributed by atoms with van der Waals surface area (Å²) in [6.45, 7) is -0.200. The van der Waals surface area contributed by atoms with Crippen molar-refractivity contribution in [1.29, 1.82) is 0 Å². The quantitative estimate of drug-likeness (QED) is 0.601. The van der Waals surface area contributed by atoms with E-state index in [1.54, 1.807) is 24.3 Å². The number of nitrogens with zero attached hydrogens (tertiary/aromatic N) is 1. The van der Waals surface area contributed by atoms with Gasteiger partial charge in [0.25, 0.3) is 5.91 Å². The highest BCUT2D eigenvalue weighted by Gasteiger charge is 2.33. The fourth-order valence-electron chi connectivity index (χ4n) is 2.92. The molecule has 1 aliphatic heterocycles. The van der Waals surface area contributed by atoms with Crippen molar-refractivity contribution in [2.24, 2.45) is 0 Å². The second kappa shape index (κ2) is 6.24. The first-order valence-corrected chi connectivity index (χ1v) is 8.95. The number of carbonyl (C=O) groups excluding carboxylic acids is 2. The Hall–Kier alpha value is -2.58. The number of fused-ring (bicyclic) bond motifs is 2. The van der Waals surface area contributed by atoms with Gasteiger partial charge in [-0.05, 0) is 24.3 Å². The van der Waals surface area contributed by atoms with E-state index in [1.807, 2.05) is 0 Å². The lowest BCUT2D eigenvalue weighted by atomic mass is 10.1. The zero-order valence-corrected chi connectivity index (χ0v) is 15.0. The molecule has 0 spiro atoms. The molecule has 0 atom stereocenters. The first kappa shape index (κ1) is 17.8. The van der Waals surface area contributed by atoms with E-state index in [4.69, 9.17) is 11.6 Å². The van der Waals surface area contributed by atoms with Crippen molar-refractivity contribution in [2.45, 2.75) is 6.18 Å². The Bertz CT molecular complexity index is 1090. The summed E-state index contributed by atoms with van der Waals surface area (Å²) in [5.74, 6) is -0.893. The molecule has 0 unspecified atom stereocenters. The third-order valence-electron chi connectivity index (χ3n) is 4.17. The molecule has 0 aliphatic carbocycles. The van der Waals surface area contributed by atoms with Crippen LogP contribution in [0.3, 0.4) is 0 Å². The van der Waals surface area contributed by atoms with Crippen molar-refractivity contribution < 1.29 is 22.8 Å². The lowest BCUT2D eigenvalue weighted by Gasteiger charge is -2.28. The van der Waals surface area contributed by atoms with Gasteiger partial charge in [-0.2, -0.15) is 13.2 Å². The topological polar surface area (TPSA) is 49.4 Å². The van der Waals surface area contributed by atoms with Crippen LogP contribution >= 0.6 is 22.9 Å². The maximum atomic E-state index is 13.0. The maximum Gasteiger partial charge on any atom is 0.416 e. The minimum atomic E-state index is -4.49. The molecule has 0 bridgehead atoms. The summed E-state index contributed by atoms with van der Waals surface area (Å²) < 4.78 is 39.1. The van der Waals surface area contributed by atoms with Gasteiger partial charge in [-0.25, -0.2) is 0 Å². The van der Waals surface area contributed by atoms with Crippen LogP contribution in [0.25, 0.3) is 10.1 Å². The number of hydrogen-bond acceptors (Lipinski definition) is 3. The van der Waals surface area contributed by atoms with Crippen LogP contribution < -0.4 is 10.2 Å². The second-order valence-corrected chi connectivity index (χ2v) is 7.34. The standard InChI is InChI=1S/C18H10ClF3N2O2S/c19-15-10-6-5-9(18(20,21)22)7-13(10)27-16(15)17(26)24-8-14(25)23-11-3-1-2-4-12(11)24/h1-7H,8H2,(H,23,25). The predicted molar refractivity (Wildman–Crippen MR) is 98.6 cm³/mol. The maximum absolute atomic E-state index is 13.0. The highest BCUT2D eigenvalue weighted by atomic mass is 35.5. The Morgan fingerprint density at radius 3 is 2.67 bits per heavy atom. The van der Waals surface area contributed by atoms with E-state index in [9.17, 15) is 22.8 Å². The number of benzene rings is 2. The number of hydrogen-bond donors (Lipinski definition) is 1. The third kappa shape index (κ3) is 3.04. The van der Waals surface area contributed by atoms with Gasteiger partial charge < -0.3 is 5.32 Å². The fraction of sp³-hybridized carbons (Fsp3) is 0.111. The molecule has 2 heterocycles. The number of carbonyl (C=O) groups is 2. The van der Waals surface area contributed by atoms with Crippen LogP contribution in [-0.2, 0) is 11.0 Å². The molecule has 0 saturated carbocycles. The Labute approximate surface area is 160 Å². The van der Waals surface area contributed by atoms with E-state index < -0.39 is 17.6 Å². The molecule has 4 nitrogen and oxygen atoms in total. The zero-order valence-electron chi connectivity index (χ0n) is 13.4. The van der Waals surface area contributed by atoms with Crippen molar-refractivity contribution in [3.05, 3.63) is 57.9 Å². The number of nitrogens with one attached hydrogen (secondary N) is 1. The van der Waals surface area contributed by atoms with Gasteiger partial charge in [0.05, 0.1) is 22.0 Å². The molecule has 2 aromatic carbocycles. The van der Waals surface area contributed by atoms with Gasteiger partial charge in [0, 0.05) is 10.1 Å². The average molecular weight is 411 g/mol. The third-order valence-corrected chi connectivity index (χ3v) is 5.81. The minimum absolute atomic E-state index is 0.0807. The van der Waals surface area contributed by atoms with Crippen LogP contribution in [0.4, 0.5) is 24.5 Å².